The number of carboxylic acids is 1. The van der Waals surface area contributed by atoms with E-state index >= 15 is 0 Å². The lowest BCUT2D eigenvalue weighted by Gasteiger charge is -2.03. The van der Waals surface area contributed by atoms with Gasteiger partial charge in [0.15, 0.2) is 10.8 Å². The van der Waals surface area contributed by atoms with Gasteiger partial charge >= 0.3 is 12.1 Å². The first-order valence-corrected chi connectivity index (χ1v) is 6.30. The Kier molecular flexibility index (Phi) is 3.87. The fourth-order valence-electron chi connectivity index (χ4n) is 1.37. The van der Waals surface area contributed by atoms with Gasteiger partial charge in [-0.05, 0) is 24.3 Å². The molecular formula is C11H6ClF3N2O2S. The zero-order chi connectivity index (χ0) is 14.9. The van der Waals surface area contributed by atoms with Crippen LogP contribution in [0.15, 0.2) is 24.3 Å². The van der Waals surface area contributed by atoms with Gasteiger partial charge in [-0.3, -0.25) is 0 Å². The predicted molar refractivity (Wildman–Crippen MR) is 68.8 cm³/mol. The summed E-state index contributed by atoms with van der Waals surface area (Å²) in [6.45, 7) is 0. The summed E-state index contributed by atoms with van der Waals surface area (Å²) in [6, 6.07) is 6.16. The van der Waals surface area contributed by atoms with Crippen LogP contribution in [0.1, 0.15) is 15.4 Å². The third-order valence-corrected chi connectivity index (χ3v) is 3.40. The Hall–Kier alpha value is -1.80. The average Bonchev–Trinajstić information content (AvgIpc) is 2.76. The number of nitrogens with one attached hydrogen (secondary N) is 1. The van der Waals surface area contributed by atoms with Gasteiger partial charge in [-0.1, -0.05) is 22.9 Å². The molecule has 9 heteroatoms. The van der Waals surface area contributed by atoms with Crippen molar-refractivity contribution in [2.24, 2.45) is 0 Å². The summed E-state index contributed by atoms with van der Waals surface area (Å²) in [6.07, 6.45) is -4.82. The number of rotatable bonds is 3. The molecule has 106 valence electrons. The van der Waals surface area contributed by atoms with E-state index in [1.54, 1.807) is 12.1 Å². The number of aromatic nitrogens is 1. The van der Waals surface area contributed by atoms with Gasteiger partial charge in [0.1, 0.15) is 4.88 Å². The lowest BCUT2D eigenvalue weighted by atomic mass is 10.3. The van der Waals surface area contributed by atoms with Gasteiger partial charge in [0.05, 0.1) is 0 Å². The Morgan fingerprint density at radius 2 is 1.90 bits per heavy atom. The van der Waals surface area contributed by atoms with E-state index < -0.39 is 22.7 Å². The van der Waals surface area contributed by atoms with Crippen molar-refractivity contribution in [3.63, 3.8) is 0 Å². The molecule has 0 aliphatic heterocycles. The molecule has 0 bridgehead atoms. The van der Waals surface area contributed by atoms with Crippen LogP contribution in [0.2, 0.25) is 5.02 Å². The molecule has 2 aromatic rings. The van der Waals surface area contributed by atoms with E-state index in [-0.39, 0.29) is 5.13 Å². The summed E-state index contributed by atoms with van der Waals surface area (Å²) in [5.41, 5.74) is -0.958. The summed E-state index contributed by atoms with van der Waals surface area (Å²) >= 11 is 6.10. The van der Waals surface area contributed by atoms with Crippen LogP contribution in [0.3, 0.4) is 0 Å². The minimum atomic E-state index is -4.82. The van der Waals surface area contributed by atoms with E-state index in [0.29, 0.717) is 22.0 Å². The van der Waals surface area contributed by atoms with Gasteiger partial charge in [-0.25, -0.2) is 9.78 Å². The number of hydrogen-bond donors (Lipinski definition) is 2. The van der Waals surface area contributed by atoms with Crippen molar-refractivity contribution in [1.29, 1.82) is 0 Å². The van der Waals surface area contributed by atoms with Crippen molar-refractivity contribution in [3.05, 3.63) is 39.9 Å². The zero-order valence-corrected chi connectivity index (χ0v) is 11.1. The van der Waals surface area contributed by atoms with Crippen molar-refractivity contribution in [2.75, 3.05) is 5.32 Å². The second-order valence-corrected chi connectivity index (χ2v) is 5.07. The average molecular weight is 323 g/mol. The Bertz CT molecular complexity index is 640. The molecule has 20 heavy (non-hydrogen) atoms. The van der Waals surface area contributed by atoms with Gasteiger partial charge < -0.3 is 10.4 Å². The van der Waals surface area contributed by atoms with Crippen LogP contribution in [0.4, 0.5) is 24.0 Å². The fourth-order valence-corrected chi connectivity index (χ4v) is 2.34. The number of aromatic carboxylic acids is 1. The second kappa shape index (κ2) is 5.29. The first-order chi connectivity index (χ1) is 9.27. The van der Waals surface area contributed by atoms with Crippen LogP contribution in [0.25, 0.3) is 0 Å². The minimum Gasteiger partial charge on any atom is -0.477 e. The number of carbonyl (C=O) groups is 1. The van der Waals surface area contributed by atoms with Crippen LogP contribution in [-0.4, -0.2) is 16.1 Å². The van der Waals surface area contributed by atoms with Crippen LogP contribution in [-0.2, 0) is 6.18 Å². The van der Waals surface area contributed by atoms with Crippen molar-refractivity contribution < 1.29 is 23.1 Å². The molecule has 0 aliphatic carbocycles. The molecule has 0 atom stereocenters. The number of thiazole rings is 1. The second-order valence-electron chi connectivity index (χ2n) is 3.63. The number of carboxylic acid groups (broad SMARTS) is 1. The third kappa shape index (κ3) is 3.20. The maximum atomic E-state index is 12.6. The topological polar surface area (TPSA) is 62.2 Å². The Labute approximate surface area is 119 Å². The molecule has 2 N–H and O–H groups in total. The van der Waals surface area contributed by atoms with Gasteiger partial charge in [0, 0.05) is 10.7 Å². The normalized spacial score (nSPS) is 11.4. The van der Waals surface area contributed by atoms with Gasteiger partial charge in [-0.2, -0.15) is 13.2 Å². The standard InChI is InChI=1S/C11H6ClF3N2O2S/c12-5-1-3-6(4-2-5)16-10-17-8(11(13,14)15)7(20-10)9(18)19/h1-4H,(H,16,17)(H,18,19). The largest absolute Gasteiger partial charge is 0.477 e. The van der Waals surface area contributed by atoms with Crippen molar-refractivity contribution >= 4 is 39.7 Å². The number of hydrogen-bond acceptors (Lipinski definition) is 4. The highest BCUT2D eigenvalue weighted by atomic mass is 35.5. The molecule has 0 spiro atoms. The minimum absolute atomic E-state index is 0.156. The molecule has 0 unspecified atom stereocenters. The smallest absolute Gasteiger partial charge is 0.435 e. The van der Waals surface area contributed by atoms with E-state index in [0.717, 1.165) is 0 Å². The summed E-state index contributed by atoms with van der Waals surface area (Å²) in [5, 5.41) is 11.7. The third-order valence-electron chi connectivity index (χ3n) is 2.19. The Balaban J connectivity index is 2.34. The molecular weight excluding hydrogens is 317 g/mol. The van der Waals surface area contributed by atoms with E-state index in [2.05, 4.69) is 10.3 Å². The van der Waals surface area contributed by atoms with E-state index in [4.69, 9.17) is 16.7 Å². The Morgan fingerprint density at radius 1 is 1.30 bits per heavy atom. The molecule has 1 heterocycles. The van der Waals surface area contributed by atoms with Crippen LogP contribution < -0.4 is 5.32 Å². The highest BCUT2D eigenvalue weighted by Gasteiger charge is 2.39. The monoisotopic (exact) mass is 322 g/mol. The first-order valence-electron chi connectivity index (χ1n) is 5.11. The van der Waals surface area contributed by atoms with Crippen molar-refractivity contribution in [3.8, 4) is 0 Å². The number of halogens is 4. The number of benzene rings is 1. The number of alkyl halides is 3. The quantitative estimate of drug-likeness (QED) is 0.886. The first kappa shape index (κ1) is 14.6. The van der Waals surface area contributed by atoms with E-state index in [1.165, 1.54) is 12.1 Å². The molecule has 1 aromatic heterocycles. The molecule has 0 saturated heterocycles. The molecule has 0 radical (unpaired) electrons. The number of anilines is 2. The summed E-state index contributed by atoms with van der Waals surface area (Å²) in [7, 11) is 0. The molecule has 0 saturated carbocycles. The molecule has 0 aliphatic rings. The molecule has 1 aromatic carbocycles. The lowest BCUT2D eigenvalue weighted by Crippen LogP contribution is -2.11. The van der Waals surface area contributed by atoms with Gasteiger partial charge in [0.25, 0.3) is 0 Å². The van der Waals surface area contributed by atoms with Gasteiger partial charge in [0.2, 0.25) is 0 Å². The van der Waals surface area contributed by atoms with E-state index in [9.17, 15) is 18.0 Å². The fraction of sp³-hybridized carbons (Fsp3) is 0.0909. The SMILES string of the molecule is O=C(O)c1sc(Nc2ccc(Cl)cc2)nc1C(F)(F)F. The molecule has 0 fully saturated rings. The maximum Gasteiger partial charge on any atom is 0.435 e. The van der Waals surface area contributed by atoms with E-state index in [1.807, 2.05) is 0 Å². The van der Waals surface area contributed by atoms with Crippen molar-refractivity contribution in [2.45, 2.75) is 6.18 Å². The Morgan fingerprint density at radius 3 is 2.35 bits per heavy atom. The maximum absolute atomic E-state index is 12.6. The zero-order valence-electron chi connectivity index (χ0n) is 9.53. The predicted octanol–water partition coefficient (Wildman–Crippen LogP) is 4.26. The summed E-state index contributed by atoms with van der Waals surface area (Å²) in [5.74, 6) is -1.67. The van der Waals surface area contributed by atoms with Crippen molar-refractivity contribution in [1.82, 2.24) is 4.98 Å². The lowest BCUT2D eigenvalue weighted by molar-refractivity contribution is -0.141. The highest BCUT2D eigenvalue weighted by Crippen LogP contribution is 2.37. The summed E-state index contributed by atoms with van der Waals surface area (Å²) < 4.78 is 37.9. The number of nitrogens with zero attached hydrogens (tertiary/aromatic N) is 1. The van der Waals surface area contributed by atoms with Gasteiger partial charge in [-0.15, -0.1) is 0 Å². The highest BCUT2D eigenvalue weighted by molar-refractivity contribution is 7.17. The summed E-state index contributed by atoms with van der Waals surface area (Å²) in [4.78, 5) is 13.2. The molecule has 0 amide bonds. The molecule has 2 rings (SSSR count). The van der Waals surface area contributed by atoms with Crippen LogP contribution >= 0.6 is 22.9 Å². The van der Waals surface area contributed by atoms with Crippen LogP contribution in [0, 0.1) is 0 Å². The molecule has 4 nitrogen and oxygen atoms in total. The van der Waals surface area contributed by atoms with Crippen LogP contribution in [0.5, 0.6) is 0 Å².